The number of halogens is 1. The Kier molecular flexibility index (Phi) is 4.18. The monoisotopic (exact) mass is 300 g/mol. The van der Waals surface area contributed by atoms with Gasteiger partial charge in [0.1, 0.15) is 11.6 Å². The zero-order valence-corrected chi connectivity index (χ0v) is 12.3. The standard InChI is InChI=1S/C16H17FN4O/c1-18-15-7-9-21-11-14(19-16(21)20-15)12-3-5-13(6-4-12)22-10-2-8-17/h3-7,9,11H,2,8,10H2,1H3,(H,18,19,20). The number of benzene rings is 1. The second-order valence-corrected chi connectivity index (χ2v) is 4.81. The summed E-state index contributed by atoms with van der Waals surface area (Å²) in [6.07, 6.45) is 4.26. The number of imidazole rings is 1. The number of ether oxygens (including phenoxy) is 1. The molecular formula is C16H17FN4O. The molecule has 0 saturated heterocycles. The van der Waals surface area contributed by atoms with E-state index in [1.807, 2.05) is 54.2 Å². The van der Waals surface area contributed by atoms with Gasteiger partial charge in [-0.05, 0) is 30.3 Å². The predicted octanol–water partition coefficient (Wildman–Crippen LogP) is 3.18. The number of nitrogens with zero attached hydrogens (tertiary/aromatic N) is 3. The summed E-state index contributed by atoms with van der Waals surface area (Å²) in [5.41, 5.74) is 1.82. The molecule has 0 aliphatic heterocycles. The molecule has 3 rings (SSSR count). The first kappa shape index (κ1) is 14.3. The van der Waals surface area contributed by atoms with E-state index < -0.39 is 0 Å². The van der Waals surface area contributed by atoms with Crippen molar-refractivity contribution in [3.05, 3.63) is 42.7 Å². The molecule has 0 saturated carbocycles. The molecule has 5 nitrogen and oxygen atoms in total. The molecule has 1 aromatic carbocycles. The van der Waals surface area contributed by atoms with Crippen molar-refractivity contribution in [2.75, 3.05) is 25.6 Å². The molecule has 0 atom stereocenters. The van der Waals surface area contributed by atoms with Gasteiger partial charge in [-0.15, -0.1) is 0 Å². The van der Waals surface area contributed by atoms with E-state index in [1.54, 1.807) is 0 Å². The Morgan fingerprint density at radius 2 is 2.00 bits per heavy atom. The number of nitrogens with one attached hydrogen (secondary N) is 1. The molecule has 3 aromatic rings. The minimum Gasteiger partial charge on any atom is -0.493 e. The van der Waals surface area contributed by atoms with Crippen LogP contribution < -0.4 is 10.1 Å². The van der Waals surface area contributed by atoms with Gasteiger partial charge in [-0.1, -0.05) is 0 Å². The summed E-state index contributed by atoms with van der Waals surface area (Å²) in [7, 11) is 1.82. The summed E-state index contributed by atoms with van der Waals surface area (Å²) in [6.45, 7) is 0.0296. The second kappa shape index (κ2) is 6.43. The fourth-order valence-electron chi connectivity index (χ4n) is 2.12. The van der Waals surface area contributed by atoms with Crippen LogP contribution in [0.3, 0.4) is 0 Å². The molecule has 0 spiro atoms. The lowest BCUT2D eigenvalue weighted by atomic mass is 10.2. The average molecular weight is 300 g/mol. The van der Waals surface area contributed by atoms with E-state index in [0.717, 1.165) is 22.8 Å². The Bertz CT molecular complexity index is 754. The molecule has 0 radical (unpaired) electrons. The highest BCUT2D eigenvalue weighted by Gasteiger charge is 2.06. The molecule has 2 heterocycles. The van der Waals surface area contributed by atoms with E-state index in [2.05, 4.69) is 15.3 Å². The van der Waals surface area contributed by atoms with Crippen LogP contribution >= 0.6 is 0 Å². The molecule has 0 aliphatic carbocycles. The van der Waals surface area contributed by atoms with Gasteiger partial charge >= 0.3 is 0 Å². The number of hydrogen-bond acceptors (Lipinski definition) is 4. The molecule has 0 bridgehead atoms. The largest absolute Gasteiger partial charge is 0.493 e. The van der Waals surface area contributed by atoms with Gasteiger partial charge in [0.25, 0.3) is 0 Å². The lowest BCUT2D eigenvalue weighted by Gasteiger charge is -2.04. The highest BCUT2D eigenvalue weighted by Crippen LogP contribution is 2.22. The number of rotatable bonds is 6. The Balaban J connectivity index is 1.81. The SMILES string of the molecule is CNc1ccn2cc(-c3ccc(OCCCF)cc3)nc2n1. The first-order valence-corrected chi connectivity index (χ1v) is 7.13. The quantitative estimate of drug-likeness (QED) is 0.710. The number of fused-ring (bicyclic) bond motifs is 1. The van der Waals surface area contributed by atoms with Gasteiger partial charge in [0, 0.05) is 31.4 Å². The van der Waals surface area contributed by atoms with E-state index >= 15 is 0 Å². The van der Waals surface area contributed by atoms with Crippen LogP contribution in [0.2, 0.25) is 0 Å². The third-order valence-corrected chi connectivity index (χ3v) is 3.28. The van der Waals surface area contributed by atoms with Gasteiger partial charge in [-0.2, -0.15) is 4.98 Å². The molecule has 0 amide bonds. The number of alkyl halides is 1. The molecule has 114 valence electrons. The first-order chi connectivity index (χ1) is 10.8. The van der Waals surface area contributed by atoms with E-state index in [1.165, 1.54) is 0 Å². The highest BCUT2D eigenvalue weighted by molar-refractivity contribution is 5.62. The molecule has 1 N–H and O–H groups in total. The van der Waals surface area contributed by atoms with Crippen LogP contribution in [0.15, 0.2) is 42.7 Å². The molecule has 22 heavy (non-hydrogen) atoms. The van der Waals surface area contributed by atoms with Gasteiger partial charge in [-0.3, -0.25) is 8.79 Å². The topological polar surface area (TPSA) is 51.5 Å². The Morgan fingerprint density at radius 1 is 1.18 bits per heavy atom. The molecule has 2 aromatic heterocycles. The number of anilines is 1. The normalized spacial score (nSPS) is 10.8. The molecule has 0 fully saturated rings. The van der Waals surface area contributed by atoms with Crippen LogP contribution in [-0.2, 0) is 0 Å². The van der Waals surface area contributed by atoms with Gasteiger partial charge < -0.3 is 10.1 Å². The van der Waals surface area contributed by atoms with Crippen LogP contribution in [0.25, 0.3) is 17.0 Å². The summed E-state index contributed by atoms with van der Waals surface area (Å²) in [6, 6.07) is 9.49. The van der Waals surface area contributed by atoms with Crippen molar-refractivity contribution in [1.82, 2.24) is 14.4 Å². The fraction of sp³-hybridized carbons (Fsp3) is 0.250. The zero-order valence-electron chi connectivity index (χ0n) is 12.3. The van der Waals surface area contributed by atoms with E-state index in [-0.39, 0.29) is 6.67 Å². The van der Waals surface area contributed by atoms with Gasteiger partial charge in [0.05, 0.1) is 19.0 Å². The predicted molar refractivity (Wildman–Crippen MR) is 84.1 cm³/mol. The minimum absolute atomic E-state index is 0.360. The van der Waals surface area contributed by atoms with Crippen molar-refractivity contribution in [2.45, 2.75) is 6.42 Å². The van der Waals surface area contributed by atoms with Crippen LogP contribution in [0.1, 0.15) is 6.42 Å². The summed E-state index contributed by atoms with van der Waals surface area (Å²) in [5.74, 6) is 2.16. The average Bonchev–Trinajstić information content (AvgIpc) is 2.98. The Morgan fingerprint density at radius 3 is 2.73 bits per heavy atom. The van der Waals surface area contributed by atoms with Crippen LogP contribution in [0.4, 0.5) is 10.2 Å². The van der Waals surface area contributed by atoms with Crippen molar-refractivity contribution in [2.24, 2.45) is 0 Å². The van der Waals surface area contributed by atoms with Crippen molar-refractivity contribution in [1.29, 1.82) is 0 Å². The maximum Gasteiger partial charge on any atom is 0.236 e. The van der Waals surface area contributed by atoms with Gasteiger partial charge in [0.2, 0.25) is 5.78 Å². The Hall–Kier alpha value is -2.63. The highest BCUT2D eigenvalue weighted by atomic mass is 19.1. The van der Waals surface area contributed by atoms with Crippen LogP contribution in [0, 0.1) is 0 Å². The number of aromatic nitrogens is 3. The molecule has 6 heteroatoms. The second-order valence-electron chi connectivity index (χ2n) is 4.81. The summed E-state index contributed by atoms with van der Waals surface area (Å²) < 4.78 is 19.4. The summed E-state index contributed by atoms with van der Waals surface area (Å²) >= 11 is 0. The smallest absolute Gasteiger partial charge is 0.236 e. The lowest BCUT2D eigenvalue weighted by molar-refractivity contribution is 0.289. The van der Waals surface area contributed by atoms with Crippen molar-refractivity contribution < 1.29 is 9.13 Å². The van der Waals surface area contributed by atoms with E-state index in [9.17, 15) is 4.39 Å². The van der Waals surface area contributed by atoms with E-state index in [4.69, 9.17) is 4.74 Å². The lowest BCUT2D eigenvalue weighted by Crippen LogP contribution is -1.97. The van der Waals surface area contributed by atoms with Crippen molar-refractivity contribution in [3.8, 4) is 17.0 Å². The third kappa shape index (κ3) is 3.00. The summed E-state index contributed by atoms with van der Waals surface area (Å²) in [5, 5.41) is 2.99. The van der Waals surface area contributed by atoms with Crippen molar-refractivity contribution >= 4 is 11.6 Å². The molecule has 0 aliphatic rings. The van der Waals surface area contributed by atoms with Crippen molar-refractivity contribution in [3.63, 3.8) is 0 Å². The molecular weight excluding hydrogens is 283 g/mol. The summed E-state index contributed by atoms with van der Waals surface area (Å²) in [4.78, 5) is 8.91. The minimum atomic E-state index is -0.360. The maximum atomic E-state index is 12.0. The fourth-order valence-corrected chi connectivity index (χ4v) is 2.12. The van der Waals surface area contributed by atoms with Gasteiger partial charge in [-0.25, -0.2) is 4.98 Å². The van der Waals surface area contributed by atoms with E-state index in [0.29, 0.717) is 18.8 Å². The molecule has 0 unspecified atom stereocenters. The van der Waals surface area contributed by atoms with Gasteiger partial charge in [0.15, 0.2) is 0 Å². The third-order valence-electron chi connectivity index (χ3n) is 3.28. The van der Waals surface area contributed by atoms with Crippen LogP contribution in [-0.4, -0.2) is 34.7 Å². The first-order valence-electron chi connectivity index (χ1n) is 7.13. The zero-order chi connectivity index (χ0) is 15.4. The van der Waals surface area contributed by atoms with Crippen LogP contribution in [0.5, 0.6) is 5.75 Å². The maximum absolute atomic E-state index is 12.0. The Labute approximate surface area is 127 Å². The number of hydrogen-bond donors (Lipinski definition) is 1.